The molecule has 2 aromatic rings. The van der Waals surface area contributed by atoms with Crippen LogP contribution in [-0.4, -0.2) is 36.8 Å². The number of esters is 1. The van der Waals surface area contributed by atoms with E-state index >= 15 is 0 Å². The Labute approximate surface area is 144 Å². The Morgan fingerprint density at radius 3 is 2.46 bits per heavy atom. The van der Waals surface area contributed by atoms with Gasteiger partial charge in [0, 0.05) is 11.0 Å². The lowest BCUT2D eigenvalue weighted by molar-refractivity contribution is -0.137. The van der Waals surface area contributed by atoms with Crippen LogP contribution in [0.1, 0.15) is 12.5 Å². The second-order valence-electron chi connectivity index (χ2n) is 4.46. The van der Waals surface area contributed by atoms with Gasteiger partial charge in [-0.25, -0.2) is 4.79 Å². The summed E-state index contributed by atoms with van der Waals surface area (Å²) in [5.41, 5.74) is 0.862. The molecular formula is C17H18N2O4S. The second-order valence-corrected chi connectivity index (χ2v) is 5.47. The number of carbonyl (C=O) groups is 1. The molecule has 1 heterocycles. The molecule has 0 aliphatic rings. The van der Waals surface area contributed by atoms with E-state index in [1.807, 2.05) is 24.3 Å². The number of hydrogen-bond acceptors (Lipinski definition) is 7. The van der Waals surface area contributed by atoms with Gasteiger partial charge in [0.1, 0.15) is 0 Å². The van der Waals surface area contributed by atoms with Gasteiger partial charge < -0.3 is 14.2 Å². The highest BCUT2D eigenvalue weighted by Gasteiger charge is 2.09. The van der Waals surface area contributed by atoms with E-state index in [1.165, 1.54) is 32.1 Å². The third-order valence-electron chi connectivity index (χ3n) is 2.88. The van der Waals surface area contributed by atoms with Crippen LogP contribution in [0.15, 0.2) is 46.5 Å². The van der Waals surface area contributed by atoms with Gasteiger partial charge in [-0.15, -0.1) is 0 Å². The average Bonchev–Trinajstić information content (AvgIpc) is 2.61. The van der Waals surface area contributed by atoms with Crippen molar-refractivity contribution in [1.82, 2.24) is 9.97 Å². The Hall–Kier alpha value is -2.54. The smallest absolute Gasteiger partial charge is 0.330 e. The lowest BCUT2D eigenvalue weighted by atomic mass is 10.2. The predicted octanol–water partition coefficient (Wildman–Crippen LogP) is 3.22. The van der Waals surface area contributed by atoms with Crippen molar-refractivity contribution in [2.24, 2.45) is 0 Å². The van der Waals surface area contributed by atoms with Gasteiger partial charge in [-0.3, -0.25) is 0 Å². The van der Waals surface area contributed by atoms with E-state index in [9.17, 15) is 4.79 Å². The first-order valence-electron chi connectivity index (χ1n) is 7.25. The van der Waals surface area contributed by atoms with Gasteiger partial charge in [0.15, 0.2) is 5.16 Å². The summed E-state index contributed by atoms with van der Waals surface area (Å²) < 4.78 is 15.2. The average molecular weight is 346 g/mol. The minimum Gasteiger partial charge on any atom is -0.481 e. The SMILES string of the molecule is CCOC(=O)/C=C/c1ccccc1Sc1nc(OC)cc(OC)n1. The number of methoxy groups -OCH3 is 2. The Balaban J connectivity index is 2.26. The Morgan fingerprint density at radius 1 is 1.17 bits per heavy atom. The molecule has 0 bridgehead atoms. The Kier molecular flexibility index (Phi) is 6.62. The van der Waals surface area contributed by atoms with E-state index in [0.717, 1.165) is 10.5 Å². The first-order valence-corrected chi connectivity index (χ1v) is 8.06. The highest BCUT2D eigenvalue weighted by Crippen LogP contribution is 2.31. The zero-order valence-electron chi connectivity index (χ0n) is 13.7. The fourth-order valence-electron chi connectivity index (χ4n) is 1.80. The first kappa shape index (κ1) is 17.8. The normalized spacial score (nSPS) is 10.6. The second kappa shape index (κ2) is 8.93. The topological polar surface area (TPSA) is 70.5 Å². The lowest BCUT2D eigenvalue weighted by Gasteiger charge is -2.07. The fraction of sp³-hybridized carbons (Fsp3) is 0.235. The largest absolute Gasteiger partial charge is 0.481 e. The summed E-state index contributed by atoms with van der Waals surface area (Å²) in [4.78, 5) is 21.0. The van der Waals surface area contributed by atoms with E-state index in [4.69, 9.17) is 14.2 Å². The molecular weight excluding hydrogens is 328 g/mol. The summed E-state index contributed by atoms with van der Waals surface area (Å²) >= 11 is 1.35. The van der Waals surface area contributed by atoms with Gasteiger partial charge in [0.2, 0.25) is 11.8 Å². The van der Waals surface area contributed by atoms with Crippen molar-refractivity contribution in [2.45, 2.75) is 17.0 Å². The van der Waals surface area contributed by atoms with Crippen molar-refractivity contribution in [2.75, 3.05) is 20.8 Å². The van der Waals surface area contributed by atoms with Gasteiger partial charge in [-0.1, -0.05) is 18.2 Å². The zero-order valence-corrected chi connectivity index (χ0v) is 14.5. The molecule has 0 aliphatic heterocycles. The monoisotopic (exact) mass is 346 g/mol. The molecule has 0 spiro atoms. The molecule has 7 heteroatoms. The number of rotatable bonds is 7. The van der Waals surface area contributed by atoms with Crippen LogP contribution in [0.4, 0.5) is 0 Å². The number of carbonyl (C=O) groups excluding carboxylic acids is 1. The fourth-order valence-corrected chi connectivity index (χ4v) is 2.66. The predicted molar refractivity (Wildman–Crippen MR) is 91.4 cm³/mol. The van der Waals surface area contributed by atoms with Gasteiger partial charge in [-0.05, 0) is 36.4 Å². The quantitative estimate of drug-likeness (QED) is 0.433. The molecule has 6 nitrogen and oxygen atoms in total. The Morgan fingerprint density at radius 2 is 1.83 bits per heavy atom. The van der Waals surface area contributed by atoms with Crippen LogP contribution in [0.25, 0.3) is 6.08 Å². The molecule has 2 rings (SSSR count). The van der Waals surface area contributed by atoms with E-state index in [1.54, 1.807) is 19.1 Å². The van der Waals surface area contributed by atoms with E-state index in [0.29, 0.717) is 23.5 Å². The highest BCUT2D eigenvalue weighted by molar-refractivity contribution is 7.99. The number of hydrogen-bond donors (Lipinski definition) is 0. The number of aromatic nitrogens is 2. The lowest BCUT2D eigenvalue weighted by Crippen LogP contribution is -1.98. The first-order chi connectivity index (χ1) is 11.7. The summed E-state index contributed by atoms with van der Waals surface area (Å²) in [6.45, 7) is 2.11. The summed E-state index contributed by atoms with van der Waals surface area (Å²) in [6.07, 6.45) is 3.10. The third-order valence-corrected chi connectivity index (χ3v) is 3.84. The molecule has 0 aliphatic carbocycles. The summed E-state index contributed by atoms with van der Waals surface area (Å²) in [5, 5.41) is 0.489. The molecule has 0 radical (unpaired) electrons. The molecule has 1 aromatic heterocycles. The molecule has 0 N–H and O–H groups in total. The number of nitrogens with zero attached hydrogens (tertiary/aromatic N) is 2. The summed E-state index contributed by atoms with van der Waals surface area (Å²) in [7, 11) is 3.07. The van der Waals surface area contributed by atoms with Crippen LogP contribution in [0.2, 0.25) is 0 Å². The van der Waals surface area contributed by atoms with Crippen LogP contribution < -0.4 is 9.47 Å². The molecule has 0 saturated heterocycles. The van der Waals surface area contributed by atoms with Crippen LogP contribution in [0.3, 0.4) is 0 Å². The van der Waals surface area contributed by atoms with E-state index < -0.39 is 0 Å². The Bertz CT molecular complexity index is 712. The van der Waals surface area contributed by atoms with Crippen LogP contribution in [-0.2, 0) is 9.53 Å². The van der Waals surface area contributed by atoms with Crippen molar-refractivity contribution < 1.29 is 19.0 Å². The standard InChI is InChI=1S/C17H18N2O4S/c1-4-23-16(20)10-9-12-7-5-6-8-13(12)24-17-18-14(21-2)11-15(19-17)22-3/h5-11H,4H2,1-3H3/b10-9+. The molecule has 0 amide bonds. The van der Waals surface area contributed by atoms with Crippen molar-refractivity contribution in [3.05, 3.63) is 42.0 Å². The third kappa shape index (κ3) is 4.99. The van der Waals surface area contributed by atoms with Crippen molar-refractivity contribution in [3.63, 3.8) is 0 Å². The van der Waals surface area contributed by atoms with Crippen LogP contribution >= 0.6 is 11.8 Å². The molecule has 0 fully saturated rings. The number of benzene rings is 1. The van der Waals surface area contributed by atoms with Gasteiger partial charge >= 0.3 is 5.97 Å². The zero-order chi connectivity index (χ0) is 17.4. The van der Waals surface area contributed by atoms with E-state index in [-0.39, 0.29) is 5.97 Å². The maximum absolute atomic E-state index is 11.5. The van der Waals surface area contributed by atoms with Crippen LogP contribution in [0, 0.1) is 0 Å². The molecule has 126 valence electrons. The molecule has 0 atom stereocenters. The summed E-state index contributed by atoms with van der Waals surface area (Å²) in [6, 6.07) is 9.22. The van der Waals surface area contributed by atoms with Crippen molar-refractivity contribution in [3.8, 4) is 11.8 Å². The minimum atomic E-state index is -0.378. The van der Waals surface area contributed by atoms with Crippen molar-refractivity contribution >= 4 is 23.8 Å². The van der Waals surface area contributed by atoms with Crippen LogP contribution in [0.5, 0.6) is 11.8 Å². The minimum absolute atomic E-state index is 0.344. The van der Waals surface area contributed by atoms with Gasteiger partial charge in [0.05, 0.1) is 26.9 Å². The number of ether oxygens (including phenoxy) is 3. The van der Waals surface area contributed by atoms with Gasteiger partial charge in [0.25, 0.3) is 0 Å². The molecule has 1 aromatic carbocycles. The molecule has 0 unspecified atom stereocenters. The maximum Gasteiger partial charge on any atom is 0.330 e. The maximum atomic E-state index is 11.5. The van der Waals surface area contributed by atoms with Crippen molar-refractivity contribution in [1.29, 1.82) is 0 Å². The van der Waals surface area contributed by atoms with E-state index in [2.05, 4.69) is 9.97 Å². The highest BCUT2D eigenvalue weighted by atomic mass is 32.2. The molecule has 24 heavy (non-hydrogen) atoms. The molecule has 0 saturated carbocycles. The van der Waals surface area contributed by atoms with Gasteiger partial charge in [-0.2, -0.15) is 9.97 Å². The summed E-state index contributed by atoms with van der Waals surface area (Å²) in [5.74, 6) is 0.462.